The average molecular weight is 405 g/mol. The highest BCUT2D eigenvalue weighted by atomic mass is 16.5. The first-order valence-corrected chi connectivity index (χ1v) is 11.5. The molecule has 1 unspecified atom stereocenters. The molecule has 6 nitrogen and oxygen atoms in total. The monoisotopic (exact) mass is 404 g/mol. The second-order valence-corrected chi connectivity index (χ2v) is 10.7. The number of ether oxygens (including phenoxy) is 1. The number of carbonyl (C=O) groups excluding carboxylic acids is 1. The van der Waals surface area contributed by atoms with Crippen LogP contribution in [0.1, 0.15) is 78.6 Å². The van der Waals surface area contributed by atoms with Gasteiger partial charge in [0, 0.05) is 5.41 Å². The first-order valence-electron chi connectivity index (χ1n) is 11.5. The van der Waals surface area contributed by atoms with Crippen molar-refractivity contribution < 1.29 is 24.5 Å². The highest BCUT2D eigenvalue weighted by Crippen LogP contribution is 2.65. The third kappa shape index (κ3) is 3.10. The predicted octanol–water partition coefficient (Wildman–Crippen LogP) is 3.36. The summed E-state index contributed by atoms with van der Waals surface area (Å²) >= 11 is 0. The highest BCUT2D eigenvalue weighted by Gasteiger charge is 2.69. The molecule has 162 valence electrons. The van der Waals surface area contributed by atoms with Crippen LogP contribution in [0.25, 0.3) is 5.53 Å². The van der Waals surface area contributed by atoms with Crippen LogP contribution in [0.2, 0.25) is 0 Å². The number of aliphatic hydroxyl groups is 2. The molecule has 0 heterocycles. The zero-order valence-corrected chi connectivity index (χ0v) is 18.1. The van der Waals surface area contributed by atoms with Crippen molar-refractivity contribution in [1.29, 1.82) is 0 Å². The summed E-state index contributed by atoms with van der Waals surface area (Å²) in [5.41, 5.74) is 6.95. The number of fused-ring (bicyclic) bond motifs is 5. The van der Waals surface area contributed by atoms with Gasteiger partial charge in [-0.3, -0.25) is 0 Å². The molecule has 4 fully saturated rings. The molecule has 0 aromatic heterocycles. The minimum atomic E-state index is -1.43. The van der Waals surface area contributed by atoms with Gasteiger partial charge in [0.15, 0.2) is 5.60 Å². The molecule has 0 aliphatic heterocycles. The van der Waals surface area contributed by atoms with Crippen LogP contribution in [0, 0.1) is 35.0 Å². The van der Waals surface area contributed by atoms with E-state index in [0.717, 1.165) is 51.4 Å². The van der Waals surface area contributed by atoms with Crippen LogP contribution in [-0.4, -0.2) is 44.5 Å². The Labute approximate surface area is 173 Å². The molecular weight excluding hydrogens is 368 g/mol. The molecule has 0 radical (unpaired) electrons. The van der Waals surface area contributed by atoms with E-state index in [9.17, 15) is 20.5 Å². The van der Waals surface area contributed by atoms with E-state index in [1.165, 1.54) is 0 Å². The first-order chi connectivity index (χ1) is 13.7. The van der Waals surface area contributed by atoms with Gasteiger partial charge in [-0.2, -0.15) is 4.79 Å². The molecule has 0 saturated heterocycles. The lowest BCUT2D eigenvalue weighted by Crippen LogP contribution is -2.59. The summed E-state index contributed by atoms with van der Waals surface area (Å²) in [5.74, 6) is 2.07. The average Bonchev–Trinajstić information content (AvgIpc) is 2.93. The minimum absolute atomic E-state index is 0.186. The predicted molar refractivity (Wildman–Crippen MR) is 108 cm³/mol. The van der Waals surface area contributed by atoms with Crippen LogP contribution in [0.5, 0.6) is 0 Å². The van der Waals surface area contributed by atoms with Crippen molar-refractivity contribution in [3.63, 3.8) is 0 Å². The summed E-state index contributed by atoms with van der Waals surface area (Å²) in [6.45, 7) is 5.96. The zero-order chi connectivity index (χ0) is 21.0. The topological polar surface area (TPSA) is 103 Å². The van der Waals surface area contributed by atoms with Gasteiger partial charge in [-0.05, 0) is 101 Å². The summed E-state index contributed by atoms with van der Waals surface area (Å²) < 4.78 is 5.08. The first kappa shape index (κ1) is 21.0. The molecule has 0 aromatic rings. The lowest BCUT2D eigenvalue weighted by Gasteiger charge is -2.57. The second-order valence-electron chi connectivity index (χ2n) is 10.7. The van der Waals surface area contributed by atoms with Crippen LogP contribution in [-0.2, 0) is 9.53 Å². The van der Waals surface area contributed by atoms with Gasteiger partial charge in [-0.15, -0.1) is 0 Å². The van der Waals surface area contributed by atoms with Gasteiger partial charge in [-0.25, -0.2) is 4.79 Å². The Morgan fingerprint density at radius 1 is 1.03 bits per heavy atom. The maximum absolute atomic E-state index is 12.4. The van der Waals surface area contributed by atoms with E-state index in [-0.39, 0.29) is 12.3 Å². The summed E-state index contributed by atoms with van der Waals surface area (Å²) in [4.78, 5) is 15.7. The summed E-state index contributed by atoms with van der Waals surface area (Å²) in [6, 6.07) is 0. The summed E-state index contributed by atoms with van der Waals surface area (Å²) in [7, 11) is 0. The van der Waals surface area contributed by atoms with Crippen LogP contribution >= 0.6 is 0 Å². The number of hydrogen-bond donors (Lipinski definition) is 2. The Hall–Kier alpha value is -1.23. The number of hydrogen-bond acceptors (Lipinski definition) is 4. The van der Waals surface area contributed by atoms with Crippen LogP contribution < -0.4 is 0 Å². The Balaban J connectivity index is 1.59. The number of carbonyl (C=O) groups is 1. The molecule has 0 amide bonds. The van der Waals surface area contributed by atoms with E-state index in [4.69, 9.17) is 4.74 Å². The maximum atomic E-state index is 12.4. The number of rotatable bonds is 3. The quantitative estimate of drug-likeness (QED) is 0.326. The van der Waals surface area contributed by atoms with Gasteiger partial charge >= 0.3 is 11.7 Å². The standard InChI is InChI=1S/C23H36N2O4/c1-4-29-20(26)19(25-24)23(28)12-9-18-17-6-5-14-13-21(2,27)10-7-15(14)16(17)8-11-22(18,23)3/h14-18,27-28H,4-13H2,1-3H3/t14-,15+,16-,17-,18+,21-,22+,23?/m1/s1. The molecule has 4 aliphatic carbocycles. The molecule has 8 atom stereocenters. The molecule has 2 N–H and O–H groups in total. The van der Waals surface area contributed by atoms with Crippen molar-refractivity contribution in [3.8, 4) is 0 Å². The minimum Gasteiger partial charge on any atom is -0.457 e. The van der Waals surface area contributed by atoms with Gasteiger partial charge in [-0.1, -0.05) is 6.92 Å². The molecule has 6 heteroatoms. The molecule has 0 bridgehead atoms. The third-order valence-electron chi connectivity index (χ3n) is 9.35. The fourth-order valence-corrected chi connectivity index (χ4v) is 7.98. The molecule has 0 spiro atoms. The zero-order valence-electron chi connectivity index (χ0n) is 18.1. The van der Waals surface area contributed by atoms with Crippen LogP contribution in [0.15, 0.2) is 0 Å². The molecule has 4 aliphatic rings. The normalized spacial score (nSPS) is 48.7. The van der Waals surface area contributed by atoms with Crippen molar-refractivity contribution in [1.82, 2.24) is 0 Å². The van der Waals surface area contributed by atoms with E-state index in [0.29, 0.717) is 36.0 Å². The Morgan fingerprint density at radius 2 is 1.76 bits per heavy atom. The van der Waals surface area contributed by atoms with Gasteiger partial charge in [0.2, 0.25) is 0 Å². The molecule has 29 heavy (non-hydrogen) atoms. The van der Waals surface area contributed by atoms with E-state index >= 15 is 0 Å². The van der Waals surface area contributed by atoms with E-state index in [2.05, 4.69) is 11.7 Å². The molecule has 4 rings (SSSR count). The largest absolute Gasteiger partial charge is 0.457 e. The smallest absolute Gasteiger partial charge is 0.420 e. The fourth-order valence-electron chi connectivity index (χ4n) is 7.98. The van der Waals surface area contributed by atoms with Crippen molar-refractivity contribution in [2.75, 3.05) is 6.61 Å². The lowest BCUT2D eigenvalue weighted by atomic mass is 9.48. The van der Waals surface area contributed by atoms with E-state index in [1.807, 2.05) is 6.92 Å². The summed E-state index contributed by atoms with van der Waals surface area (Å²) in [5, 5.41) is 22.2. The Bertz CT molecular complexity index is 730. The molecular formula is C23H36N2O4. The van der Waals surface area contributed by atoms with Gasteiger partial charge < -0.3 is 20.5 Å². The SMILES string of the molecule is CCOC(=O)C(=[N+]=[N-])C1(O)CC[C@H]2[C@@H]3CC[C@@H]4C[C@](C)(O)CC[C@@H]4[C@H]3CC[C@@]21C. The second kappa shape index (κ2) is 7.18. The van der Waals surface area contributed by atoms with Gasteiger partial charge in [0.05, 0.1) is 12.2 Å². The van der Waals surface area contributed by atoms with Crippen LogP contribution in [0.3, 0.4) is 0 Å². The Kier molecular flexibility index (Phi) is 5.20. The van der Waals surface area contributed by atoms with E-state index in [1.54, 1.807) is 6.92 Å². The van der Waals surface area contributed by atoms with Gasteiger partial charge in [0.1, 0.15) is 0 Å². The number of esters is 1. The van der Waals surface area contributed by atoms with Crippen molar-refractivity contribution in [2.45, 2.75) is 89.8 Å². The highest BCUT2D eigenvalue weighted by molar-refractivity contribution is 6.37. The summed E-state index contributed by atoms with van der Waals surface area (Å²) in [6.07, 6.45) is 8.32. The van der Waals surface area contributed by atoms with E-state index < -0.39 is 22.6 Å². The van der Waals surface area contributed by atoms with Crippen molar-refractivity contribution >= 4 is 11.7 Å². The Morgan fingerprint density at radius 3 is 2.45 bits per heavy atom. The lowest BCUT2D eigenvalue weighted by molar-refractivity contribution is -0.153. The third-order valence-corrected chi connectivity index (χ3v) is 9.35. The maximum Gasteiger partial charge on any atom is 0.420 e. The number of nitrogens with zero attached hydrogens (tertiary/aromatic N) is 2. The van der Waals surface area contributed by atoms with Gasteiger partial charge in [0.25, 0.3) is 0 Å². The van der Waals surface area contributed by atoms with Crippen molar-refractivity contribution in [3.05, 3.63) is 5.53 Å². The fraction of sp³-hybridized carbons (Fsp3) is 0.913. The van der Waals surface area contributed by atoms with Crippen LogP contribution in [0.4, 0.5) is 0 Å². The van der Waals surface area contributed by atoms with Crippen molar-refractivity contribution in [2.24, 2.45) is 35.0 Å². The molecule has 0 aromatic carbocycles. The molecule has 4 saturated carbocycles.